The summed E-state index contributed by atoms with van der Waals surface area (Å²) >= 11 is 7.06. The zero-order valence-corrected chi connectivity index (χ0v) is 12.3. The van der Waals surface area contributed by atoms with Gasteiger partial charge in [0.05, 0.1) is 3.79 Å². The van der Waals surface area contributed by atoms with Crippen LogP contribution in [0, 0.1) is 0 Å². The Labute approximate surface area is 113 Å². The number of aryl methyl sites for hydroxylation is 1. The third-order valence-corrected chi connectivity index (χ3v) is 4.97. The van der Waals surface area contributed by atoms with Crippen LogP contribution in [-0.2, 0) is 19.5 Å². The maximum atomic E-state index is 3.49. The predicted octanol–water partition coefficient (Wildman–Crippen LogP) is 4.42. The Kier molecular flexibility index (Phi) is 4.58. The van der Waals surface area contributed by atoms with Gasteiger partial charge in [0, 0.05) is 18.0 Å². The molecule has 0 bridgehead atoms. The van der Waals surface area contributed by atoms with E-state index in [1.54, 1.807) is 11.3 Å². The number of hydrogen-bond donors (Lipinski definition) is 1. The van der Waals surface area contributed by atoms with Gasteiger partial charge in [0.2, 0.25) is 0 Å². The van der Waals surface area contributed by atoms with Gasteiger partial charge in [-0.2, -0.15) is 0 Å². The van der Waals surface area contributed by atoms with Crippen molar-refractivity contribution in [2.24, 2.45) is 0 Å². The molecule has 0 amide bonds. The number of nitrogens with one attached hydrogen (secondary N) is 1. The van der Waals surface area contributed by atoms with E-state index in [1.165, 1.54) is 19.8 Å². The summed E-state index contributed by atoms with van der Waals surface area (Å²) in [6.45, 7) is 4.14. The zero-order chi connectivity index (χ0) is 11.4. The van der Waals surface area contributed by atoms with Crippen LogP contribution in [0.4, 0.5) is 0 Å². The first-order valence-electron chi connectivity index (χ1n) is 5.28. The molecule has 4 heteroatoms. The first-order valence-corrected chi connectivity index (χ1v) is 7.83. The zero-order valence-electron chi connectivity index (χ0n) is 9.13. The Morgan fingerprint density at radius 3 is 2.88 bits per heavy atom. The molecule has 0 fully saturated rings. The lowest BCUT2D eigenvalue weighted by atomic mass is 10.2. The van der Waals surface area contributed by atoms with Crippen molar-refractivity contribution in [1.29, 1.82) is 0 Å². The Morgan fingerprint density at radius 1 is 1.31 bits per heavy atom. The van der Waals surface area contributed by atoms with Crippen LogP contribution in [-0.4, -0.2) is 0 Å². The Morgan fingerprint density at radius 2 is 2.19 bits per heavy atom. The molecular weight excluding hydrogens is 302 g/mol. The van der Waals surface area contributed by atoms with E-state index in [9.17, 15) is 0 Å². The lowest BCUT2D eigenvalue weighted by Crippen LogP contribution is -2.12. The summed E-state index contributed by atoms with van der Waals surface area (Å²) in [5.74, 6) is 0. The standard InChI is InChI=1S/C12H14BrNS2/c1-2-10-3-4-15-11(10)7-14-6-9-5-12(13)16-8-9/h3-5,8,14H,2,6-7H2,1H3. The van der Waals surface area contributed by atoms with Gasteiger partial charge in [-0.05, 0) is 56.4 Å². The summed E-state index contributed by atoms with van der Waals surface area (Å²) in [5.41, 5.74) is 2.83. The number of halogens is 1. The first-order chi connectivity index (χ1) is 7.79. The highest BCUT2D eigenvalue weighted by atomic mass is 79.9. The van der Waals surface area contributed by atoms with Crippen molar-refractivity contribution >= 4 is 38.6 Å². The second kappa shape index (κ2) is 5.96. The Balaban J connectivity index is 1.84. The van der Waals surface area contributed by atoms with Crippen molar-refractivity contribution in [3.05, 3.63) is 42.7 Å². The summed E-state index contributed by atoms with van der Waals surface area (Å²) < 4.78 is 1.20. The lowest BCUT2D eigenvalue weighted by molar-refractivity contribution is 0.698. The fraction of sp³-hybridized carbons (Fsp3) is 0.333. The average Bonchev–Trinajstić information content (AvgIpc) is 2.87. The third-order valence-electron chi connectivity index (χ3n) is 2.46. The molecule has 0 atom stereocenters. The van der Waals surface area contributed by atoms with Crippen LogP contribution in [0.2, 0.25) is 0 Å². The molecule has 1 N–H and O–H groups in total. The van der Waals surface area contributed by atoms with Gasteiger partial charge < -0.3 is 5.32 Å². The molecule has 0 aliphatic heterocycles. The molecule has 86 valence electrons. The summed E-state index contributed by atoms with van der Waals surface area (Å²) in [4.78, 5) is 1.47. The van der Waals surface area contributed by atoms with Crippen LogP contribution in [0.3, 0.4) is 0 Å². The van der Waals surface area contributed by atoms with E-state index in [4.69, 9.17) is 0 Å². The molecule has 2 aromatic rings. The van der Waals surface area contributed by atoms with Crippen molar-refractivity contribution in [3.63, 3.8) is 0 Å². The first kappa shape index (κ1) is 12.3. The highest BCUT2D eigenvalue weighted by molar-refractivity contribution is 9.11. The van der Waals surface area contributed by atoms with Gasteiger partial charge in [-0.3, -0.25) is 0 Å². The van der Waals surface area contributed by atoms with Gasteiger partial charge in [0.15, 0.2) is 0 Å². The molecule has 2 heterocycles. The number of rotatable bonds is 5. The van der Waals surface area contributed by atoms with Crippen molar-refractivity contribution in [2.45, 2.75) is 26.4 Å². The Bertz CT molecular complexity index is 447. The second-order valence-corrected chi connectivity index (χ2v) is 6.88. The summed E-state index contributed by atoms with van der Waals surface area (Å²) in [6, 6.07) is 4.40. The minimum absolute atomic E-state index is 0.948. The van der Waals surface area contributed by atoms with Crippen LogP contribution < -0.4 is 5.32 Å². The second-order valence-electron chi connectivity index (χ2n) is 3.59. The number of thiophene rings is 2. The average molecular weight is 316 g/mol. The van der Waals surface area contributed by atoms with E-state index < -0.39 is 0 Å². The van der Waals surface area contributed by atoms with Crippen LogP contribution >= 0.6 is 38.6 Å². The van der Waals surface area contributed by atoms with E-state index in [1.807, 2.05) is 11.3 Å². The fourth-order valence-corrected chi connectivity index (χ4v) is 3.75. The van der Waals surface area contributed by atoms with Crippen LogP contribution in [0.1, 0.15) is 22.9 Å². The largest absolute Gasteiger partial charge is 0.308 e. The monoisotopic (exact) mass is 315 g/mol. The van der Waals surface area contributed by atoms with Gasteiger partial charge in [-0.1, -0.05) is 6.92 Å². The topological polar surface area (TPSA) is 12.0 Å². The molecule has 1 nitrogen and oxygen atoms in total. The van der Waals surface area contributed by atoms with Gasteiger partial charge >= 0.3 is 0 Å². The molecular formula is C12H14BrNS2. The van der Waals surface area contributed by atoms with E-state index in [0.717, 1.165) is 19.5 Å². The molecule has 0 radical (unpaired) electrons. The molecule has 0 aliphatic carbocycles. The van der Waals surface area contributed by atoms with E-state index in [-0.39, 0.29) is 0 Å². The molecule has 2 rings (SSSR count). The van der Waals surface area contributed by atoms with E-state index in [2.05, 4.69) is 51.1 Å². The Hall–Kier alpha value is -0.160. The van der Waals surface area contributed by atoms with Gasteiger partial charge in [-0.15, -0.1) is 22.7 Å². The minimum atomic E-state index is 0.948. The molecule has 0 aromatic carbocycles. The molecule has 0 unspecified atom stereocenters. The van der Waals surface area contributed by atoms with Crippen LogP contribution in [0.25, 0.3) is 0 Å². The van der Waals surface area contributed by atoms with E-state index >= 15 is 0 Å². The molecule has 0 saturated heterocycles. The van der Waals surface area contributed by atoms with Gasteiger partial charge in [-0.25, -0.2) is 0 Å². The van der Waals surface area contributed by atoms with Gasteiger partial charge in [0.25, 0.3) is 0 Å². The van der Waals surface area contributed by atoms with E-state index in [0.29, 0.717) is 0 Å². The maximum Gasteiger partial charge on any atom is 0.0701 e. The normalized spacial score (nSPS) is 10.9. The summed E-state index contributed by atoms with van der Waals surface area (Å²) in [7, 11) is 0. The SMILES string of the molecule is CCc1ccsc1CNCc1csc(Br)c1. The van der Waals surface area contributed by atoms with Crippen molar-refractivity contribution in [2.75, 3.05) is 0 Å². The smallest absolute Gasteiger partial charge is 0.0701 e. The quantitative estimate of drug-likeness (QED) is 0.861. The molecule has 16 heavy (non-hydrogen) atoms. The molecule has 2 aromatic heterocycles. The van der Waals surface area contributed by atoms with Crippen LogP contribution in [0.15, 0.2) is 26.7 Å². The maximum absolute atomic E-state index is 3.49. The minimum Gasteiger partial charge on any atom is -0.308 e. The number of hydrogen-bond acceptors (Lipinski definition) is 3. The lowest BCUT2D eigenvalue weighted by Gasteiger charge is -2.03. The predicted molar refractivity (Wildman–Crippen MR) is 76.3 cm³/mol. The van der Waals surface area contributed by atoms with Crippen molar-refractivity contribution in [3.8, 4) is 0 Å². The summed E-state index contributed by atoms with van der Waals surface area (Å²) in [6.07, 6.45) is 1.13. The molecule has 0 aliphatic rings. The third kappa shape index (κ3) is 3.17. The van der Waals surface area contributed by atoms with Crippen LogP contribution in [0.5, 0.6) is 0 Å². The molecule has 0 saturated carbocycles. The van der Waals surface area contributed by atoms with Crippen molar-refractivity contribution < 1.29 is 0 Å². The highest BCUT2D eigenvalue weighted by Crippen LogP contribution is 2.21. The summed E-state index contributed by atoms with van der Waals surface area (Å²) in [5, 5.41) is 7.85. The highest BCUT2D eigenvalue weighted by Gasteiger charge is 2.02. The fourth-order valence-electron chi connectivity index (χ4n) is 1.60. The van der Waals surface area contributed by atoms with Crippen molar-refractivity contribution in [1.82, 2.24) is 5.32 Å². The molecule has 0 spiro atoms. The van der Waals surface area contributed by atoms with Gasteiger partial charge in [0.1, 0.15) is 0 Å².